The fourth-order valence-corrected chi connectivity index (χ4v) is 4.24. The van der Waals surface area contributed by atoms with Crippen LogP contribution in [0.1, 0.15) is 57.6 Å². The van der Waals surface area contributed by atoms with Gasteiger partial charge < -0.3 is 19.9 Å². The fourth-order valence-electron chi connectivity index (χ4n) is 4.24. The van der Waals surface area contributed by atoms with E-state index in [1.165, 1.54) is 31.2 Å². The van der Waals surface area contributed by atoms with Gasteiger partial charge in [0.15, 0.2) is 17.0 Å². The van der Waals surface area contributed by atoms with Gasteiger partial charge in [-0.05, 0) is 31.7 Å². The molecular weight excluding hydrogens is 376 g/mol. The lowest BCUT2D eigenvalue weighted by Gasteiger charge is -2.24. The smallest absolute Gasteiger partial charge is 0.227 e. The minimum atomic E-state index is -0.0673. The van der Waals surface area contributed by atoms with E-state index < -0.39 is 0 Å². The maximum Gasteiger partial charge on any atom is 0.227 e. The molecule has 0 radical (unpaired) electrons. The highest BCUT2D eigenvalue weighted by Gasteiger charge is 2.24. The summed E-state index contributed by atoms with van der Waals surface area (Å²) in [6.07, 6.45) is 7.58. The van der Waals surface area contributed by atoms with Crippen molar-refractivity contribution in [3.63, 3.8) is 0 Å². The zero-order valence-corrected chi connectivity index (χ0v) is 18.0. The molecule has 1 atom stereocenters. The van der Waals surface area contributed by atoms with Gasteiger partial charge in [-0.3, -0.25) is 0 Å². The van der Waals surface area contributed by atoms with Gasteiger partial charge in [-0.2, -0.15) is 9.97 Å². The molecule has 7 nitrogen and oxygen atoms in total. The average molecular weight is 409 g/mol. The first-order valence-electron chi connectivity index (χ1n) is 11.1. The first kappa shape index (κ1) is 20.6. The third-order valence-corrected chi connectivity index (χ3v) is 6.07. The van der Waals surface area contributed by atoms with Crippen molar-refractivity contribution >= 4 is 22.9 Å². The molecule has 0 bridgehead atoms. The molecule has 4 rings (SSSR count). The molecule has 0 unspecified atom stereocenters. The van der Waals surface area contributed by atoms with Crippen LogP contribution < -0.4 is 10.2 Å². The normalized spacial score (nSPS) is 15.6. The van der Waals surface area contributed by atoms with Gasteiger partial charge in [0.2, 0.25) is 5.95 Å². The molecule has 0 aliphatic heterocycles. The molecule has 3 aromatic rings. The van der Waals surface area contributed by atoms with Crippen molar-refractivity contribution in [3.8, 4) is 0 Å². The summed E-state index contributed by atoms with van der Waals surface area (Å²) in [4.78, 5) is 16.7. The second-order valence-corrected chi connectivity index (χ2v) is 8.07. The van der Waals surface area contributed by atoms with Crippen molar-refractivity contribution in [2.24, 2.45) is 0 Å². The van der Waals surface area contributed by atoms with Gasteiger partial charge in [0, 0.05) is 19.1 Å². The van der Waals surface area contributed by atoms with Crippen LogP contribution in [-0.4, -0.2) is 43.8 Å². The van der Waals surface area contributed by atoms with E-state index in [9.17, 15) is 5.11 Å². The molecule has 1 aliphatic carbocycles. The van der Waals surface area contributed by atoms with Crippen LogP contribution in [0.15, 0.2) is 36.7 Å². The molecule has 1 aromatic carbocycles. The molecule has 0 spiro atoms. The first-order chi connectivity index (χ1) is 14.7. The van der Waals surface area contributed by atoms with Crippen LogP contribution in [-0.2, 0) is 6.54 Å². The van der Waals surface area contributed by atoms with Crippen molar-refractivity contribution in [3.05, 3.63) is 42.2 Å². The van der Waals surface area contributed by atoms with E-state index in [1.807, 2.05) is 19.3 Å². The Labute approximate surface area is 178 Å². The molecule has 1 fully saturated rings. The number of imidazole rings is 1. The minimum Gasteiger partial charge on any atom is -0.394 e. The lowest BCUT2D eigenvalue weighted by molar-refractivity contribution is 0.271. The van der Waals surface area contributed by atoms with Gasteiger partial charge in [-0.15, -0.1) is 0 Å². The molecule has 30 heavy (non-hydrogen) atoms. The Kier molecular flexibility index (Phi) is 6.47. The fraction of sp³-hybridized carbons (Fsp3) is 0.522. The maximum atomic E-state index is 9.66. The monoisotopic (exact) mass is 408 g/mol. The van der Waals surface area contributed by atoms with Crippen molar-refractivity contribution < 1.29 is 5.11 Å². The number of nitrogens with zero attached hydrogens (tertiary/aromatic N) is 5. The molecule has 1 aliphatic rings. The second kappa shape index (κ2) is 9.43. The van der Waals surface area contributed by atoms with Gasteiger partial charge >= 0.3 is 0 Å². The number of hydrogen-bond acceptors (Lipinski definition) is 6. The van der Waals surface area contributed by atoms with Gasteiger partial charge in [0.1, 0.15) is 0 Å². The van der Waals surface area contributed by atoms with E-state index in [-0.39, 0.29) is 12.6 Å². The summed E-state index contributed by atoms with van der Waals surface area (Å²) in [5.41, 5.74) is 2.97. The molecule has 2 aromatic heterocycles. The summed E-state index contributed by atoms with van der Waals surface area (Å²) in [5.74, 6) is 1.41. The van der Waals surface area contributed by atoms with Crippen LogP contribution in [0.25, 0.3) is 11.2 Å². The van der Waals surface area contributed by atoms with Crippen LogP contribution in [0.5, 0.6) is 0 Å². The van der Waals surface area contributed by atoms with Crippen LogP contribution in [0, 0.1) is 0 Å². The summed E-state index contributed by atoms with van der Waals surface area (Å²) in [6, 6.07) is 10.8. The van der Waals surface area contributed by atoms with Gasteiger partial charge in [0.05, 0.1) is 19.0 Å². The largest absolute Gasteiger partial charge is 0.394 e. The Morgan fingerprint density at radius 1 is 1.17 bits per heavy atom. The number of anilines is 2. The maximum absolute atomic E-state index is 9.66. The average Bonchev–Trinajstić information content (AvgIpc) is 3.45. The number of benzene rings is 1. The standard InChI is InChI=1S/C23H32N6O/c1-3-18(15-30)25-23-26-21(28(4-2)14-17-10-6-5-7-11-17)20-22(27-23)29(16-24-20)19-12-8-9-13-19/h5-7,10-11,16,18-19,30H,3-4,8-9,12-15H2,1-2H3,(H,25,26,27)/t18-/m1/s1. The number of fused-ring (bicyclic) bond motifs is 1. The predicted molar refractivity (Wildman–Crippen MR) is 121 cm³/mol. The lowest BCUT2D eigenvalue weighted by Crippen LogP contribution is -2.27. The first-order valence-corrected chi connectivity index (χ1v) is 11.1. The summed E-state index contributed by atoms with van der Waals surface area (Å²) in [5, 5.41) is 13.0. The summed E-state index contributed by atoms with van der Waals surface area (Å²) < 4.78 is 2.23. The molecule has 1 saturated carbocycles. The molecule has 160 valence electrons. The zero-order valence-electron chi connectivity index (χ0n) is 18.0. The highest BCUT2D eigenvalue weighted by Crippen LogP contribution is 2.34. The predicted octanol–water partition coefficient (Wildman–Crippen LogP) is 4.15. The zero-order chi connectivity index (χ0) is 20.9. The Hall–Kier alpha value is -2.67. The summed E-state index contributed by atoms with van der Waals surface area (Å²) in [6.45, 7) is 5.81. The van der Waals surface area contributed by atoms with Gasteiger partial charge in [0.25, 0.3) is 0 Å². The molecule has 2 heterocycles. The number of aromatic nitrogens is 4. The van der Waals surface area contributed by atoms with Crippen LogP contribution in [0.2, 0.25) is 0 Å². The van der Waals surface area contributed by atoms with Gasteiger partial charge in [-0.1, -0.05) is 50.1 Å². The molecule has 7 heteroatoms. The van der Waals surface area contributed by atoms with E-state index in [0.717, 1.165) is 36.5 Å². The SMILES string of the molecule is CC[C@H](CO)Nc1nc(N(CC)Cc2ccccc2)c2ncn(C3CCCC3)c2n1. The lowest BCUT2D eigenvalue weighted by atomic mass is 10.2. The van der Waals surface area contributed by atoms with Crippen molar-refractivity contribution in [2.75, 3.05) is 23.4 Å². The number of nitrogens with one attached hydrogen (secondary N) is 1. The van der Waals surface area contributed by atoms with E-state index in [4.69, 9.17) is 15.0 Å². The minimum absolute atomic E-state index is 0.0522. The van der Waals surface area contributed by atoms with Gasteiger partial charge in [-0.25, -0.2) is 4.98 Å². The Bertz CT molecular complexity index is 947. The highest BCUT2D eigenvalue weighted by atomic mass is 16.3. The van der Waals surface area contributed by atoms with Crippen molar-refractivity contribution in [1.82, 2.24) is 19.5 Å². The van der Waals surface area contributed by atoms with E-state index in [0.29, 0.717) is 12.0 Å². The summed E-state index contributed by atoms with van der Waals surface area (Å²) in [7, 11) is 0. The second-order valence-electron chi connectivity index (χ2n) is 8.07. The van der Waals surface area contributed by atoms with E-state index >= 15 is 0 Å². The topological polar surface area (TPSA) is 79.1 Å². The Balaban J connectivity index is 1.77. The van der Waals surface area contributed by atoms with Crippen LogP contribution in [0.4, 0.5) is 11.8 Å². The van der Waals surface area contributed by atoms with Crippen LogP contribution in [0.3, 0.4) is 0 Å². The van der Waals surface area contributed by atoms with E-state index in [1.54, 1.807) is 0 Å². The van der Waals surface area contributed by atoms with Crippen molar-refractivity contribution in [2.45, 2.75) is 64.6 Å². The third-order valence-electron chi connectivity index (χ3n) is 6.07. The molecule has 0 amide bonds. The quantitative estimate of drug-likeness (QED) is 0.554. The number of aliphatic hydroxyl groups excluding tert-OH is 1. The molecule has 2 N–H and O–H groups in total. The highest BCUT2D eigenvalue weighted by molar-refractivity contribution is 5.85. The third kappa shape index (κ3) is 4.26. The number of aliphatic hydroxyl groups is 1. The Morgan fingerprint density at radius 3 is 2.60 bits per heavy atom. The van der Waals surface area contributed by atoms with Crippen molar-refractivity contribution in [1.29, 1.82) is 0 Å². The van der Waals surface area contributed by atoms with Crippen LogP contribution >= 0.6 is 0 Å². The molecule has 0 saturated heterocycles. The summed E-state index contributed by atoms with van der Waals surface area (Å²) >= 11 is 0. The molecular formula is C23H32N6O. The number of hydrogen-bond donors (Lipinski definition) is 2. The van der Waals surface area contributed by atoms with E-state index in [2.05, 4.69) is 46.0 Å². The Morgan fingerprint density at radius 2 is 1.93 bits per heavy atom. The number of rotatable bonds is 9.